The number of anilines is 2. The average Bonchev–Trinajstić information content (AvgIpc) is 3.67. The van der Waals surface area contributed by atoms with Gasteiger partial charge in [0.2, 0.25) is 0 Å². The quantitative estimate of drug-likeness (QED) is 0.205. The third-order valence-corrected chi connectivity index (χ3v) is 12.8. The summed E-state index contributed by atoms with van der Waals surface area (Å²) in [6.45, 7) is 36.8. The molecule has 0 amide bonds. The molecule has 4 aromatic carbocycles. The van der Waals surface area contributed by atoms with Crippen molar-refractivity contribution in [3.8, 4) is 0 Å². The molecule has 4 aromatic rings. The first kappa shape index (κ1) is 40.1. The van der Waals surface area contributed by atoms with Crippen LogP contribution in [-0.4, -0.2) is 0 Å². The van der Waals surface area contributed by atoms with Crippen molar-refractivity contribution in [2.45, 2.75) is 132 Å². The van der Waals surface area contributed by atoms with Gasteiger partial charge in [0.25, 0.3) is 0 Å². The zero-order valence-corrected chi connectivity index (χ0v) is 37.4. The fraction of sp³-hybridized carbons (Fsp3) is 0.400. The molecule has 0 saturated carbocycles. The summed E-state index contributed by atoms with van der Waals surface area (Å²) >= 11 is 3.81. The van der Waals surface area contributed by atoms with Gasteiger partial charge >= 0.3 is 0 Å². The van der Waals surface area contributed by atoms with Gasteiger partial charge in [-0.05, 0) is 129 Å². The van der Waals surface area contributed by atoms with Crippen molar-refractivity contribution >= 4 is 44.7 Å². The van der Waals surface area contributed by atoms with Crippen molar-refractivity contribution in [1.29, 1.82) is 0 Å². The van der Waals surface area contributed by atoms with Gasteiger partial charge in [-0.3, -0.25) is 0 Å². The zero-order chi connectivity index (χ0) is 39.7. The monoisotopic (exact) mass is 754 g/mol. The Kier molecular flexibility index (Phi) is 10.5. The van der Waals surface area contributed by atoms with E-state index in [9.17, 15) is 0 Å². The van der Waals surface area contributed by atoms with Crippen molar-refractivity contribution in [2.24, 2.45) is 0 Å². The lowest BCUT2D eigenvalue weighted by molar-refractivity contribution is 0.568. The Morgan fingerprint density at radius 1 is 0.352 bits per heavy atom. The molecule has 2 aliphatic heterocycles. The van der Waals surface area contributed by atoms with E-state index in [-0.39, 0.29) is 21.7 Å². The van der Waals surface area contributed by atoms with E-state index in [2.05, 4.69) is 206 Å². The highest BCUT2D eigenvalue weighted by atomic mass is 32.2. The molecular formula is C50H62N2S2. The Labute approximate surface area is 336 Å². The second-order valence-corrected chi connectivity index (χ2v) is 21.9. The van der Waals surface area contributed by atoms with Crippen LogP contribution < -0.4 is 9.80 Å². The van der Waals surface area contributed by atoms with E-state index < -0.39 is 0 Å². The molecule has 0 aromatic heterocycles. The molecule has 0 fully saturated rings. The van der Waals surface area contributed by atoms with Crippen LogP contribution in [0.2, 0.25) is 0 Å². The van der Waals surface area contributed by atoms with Crippen molar-refractivity contribution in [3.05, 3.63) is 151 Å². The highest BCUT2D eigenvalue weighted by molar-refractivity contribution is 8.15. The number of nitrogens with zero attached hydrogens (tertiary/aromatic N) is 2. The minimum Gasteiger partial charge on any atom is -0.308 e. The van der Waals surface area contributed by atoms with E-state index in [0.29, 0.717) is 0 Å². The summed E-state index contributed by atoms with van der Waals surface area (Å²) in [5.41, 5.74) is 15.6. The van der Waals surface area contributed by atoms with Crippen LogP contribution >= 0.6 is 23.5 Å². The molecule has 6 rings (SSSR count). The van der Waals surface area contributed by atoms with Crippen molar-refractivity contribution < 1.29 is 0 Å². The Balaban J connectivity index is 1.60. The van der Waals surface area contributed by atoms with Gasteiger partial charge in [0.15, 0.2) is 0 Å². The second-order valence-electron chi connectivity index (χ2n) is 19.8. The smallest absolute Gasteiger partial charge is 0.116 e. The minimum absolute atomic E-state index is 0.0297. The molecule has 4 heteroatoms. The van der Waals surface area contributed by atoms with Crippen LogP contribution in [0.5, 0.6) is 0 Å². The molecule has 0 aliphatic carbocycles. The van der Waals surface area contributed by atoms with Gasteiger partial charge in [0, 0.05) is 33.6 Å². The molecule has 0 atom stereocenters. The maximum atomic E-state index is 2.46. The number of hydrogen-bond donors (Lipinski definition) is 0. The molecular weight excluding hydrogens is 693 g/mol. The average molecular weight is 755 g/mol. The summed E-state index contributed by atoms with van der Waals surface area (Å²) in [7, 11) is 0. The normalized spacial score (nSPS) is 17.0. The van der Waals surface area contributed by atoms with E-state index in [4.69, 9.17) is 0 Å². The van der Waals surface area contributed by atoms with Gasteiger partial charge in [-0.2, -0.15) is 0 Å². The van der Waals surface area contributed by atoms with Crippen LogP contribution in [0.25, 0.3) is 9.81 Å². The van der Waals surface area contributed by atoms with Gasteiger partial charge in [-0.15, -0.1) is 0 Å². The number of benzene rings is 4. The summed E-state index contributed by atoms with van der Waals surface area (Å²) in [4.78, 5) is 7.46. The van der Waals surface area contributed by atoms with Crippen molar-refractivity contribution in [2.75, 3.05) is 9.80 Å². The van der Waals surface area contributed by atoms with Gasteiger partial charge in [-0.25, -0.2) is 0 Å². The van der Waals surface area contributed by atoms with Crippen molar-refractivity contribution in [3.63, 3.8) is 0 Å². The number of aryl methyl sites for hydroxylation is 4. The van der Waals surface area contributed by atoms with E-state index in [1.807, 2.05) is 23.5 Å². The molecule has 2 aliphatic rings. The topological polar surface area (TPSA) is 6.48 Å². The maximum absolute atomic E-state index is 2.46. The molecule has 0 unspecified atom stereocenters. The molecule has 2 nitrogen and oxygen atoms in total. The minimum atomic E-state index is 0.0297. The Morgan fingerprint density at radius 2 is 0.611 bits per heavy atom. The standard InChI is InChI=1S/C50H62N2S2/c1-31-17-32(2)20-41(19-31)51-29-43(35-23-37(47(5,6)7)27-38(24-35)48(8,9)10)53-45(51)46-52(42-21-33(3)18-34(4)22-42)30-44(54-46)36-25-39(49(11,12)13)28-40(26-36)50(14,15)16/h17-30H,1-16H3/b46-45+. The van der Waals surface area contributed by atoms with E-state index >= 15 is 0 Å². The summed E-state index contributed by atoms with van der Waals surface area (Å²) in [6.07, 6.45) is 4.79. The van der Waals surface area contributed by atoms with E-state index in [1.54, 1.807) is 0 Å². The van der Waals surface area contributed by atoms with E-state index in [0.717, 1.165) is 0 Å². The van der Waals surface area contributed by atoms with Crippen LogP contribution in [0.3, 0.4) is 0 Å². The highest BCUT2D eigenvalue weighted by Gasteiger charge is 2.34. The lowest BCUT2D eigenvalue weighted by atomic mass is 9.79. The van der Waals surface area contributed by atoms with Gasteiger partial charge in [0.1, 0.15) is 10.1 Å². The first-order chi connectivity index (χ1) is 24.9. The maximum Gasteiger partial charge on any atom is 0.116 e. The van der Waals surface area contributed by atoms with Gasteiger partial charge < -0.3 is 9.80 Å². The highest BCUT2D eigenvalue weighted by Crippen LogP contribution is 2.55. The van der Waals surface area contributed by atoms with E-state index in [1.165, 1.54) is 86.9 Å². The third-order valence-electron chi connectivity index (χ3n) is 10.4. The first-order valence-corrected chi connectivity index (χ1v) is 21.1. The molecule has 2 heterocycles. The third kappa shape index (κ3) is 8.61. The predicted octanol–water partition coefficient (Wildman–Crippen LogP) is 15.0. The second kappa shape index (κ2) is 14.2. The van der Waals surface area contributed by atoms with Crippen LogP contribution in [0, 0.1) is 27.7 Å². The Bertz CT molecular complexity index is 1940. The molecule has 54 heavy (non-hydrogen) atoms. The van der Waals surface area contributed by atoms with Crippen LogP contribution in [0.1, 0.15) is 139 Å². The molecule has 0 saturated heterocycles. The fourth-order valence-electron chi connectivity index (χ4n) is 7.11. The number of thioether (sulfide) groups is 2. The SMILES string of the molecule is Cc1cc(C)cc(N2C=C(c3cc(C(C)(C)C)cc(C(C)(C)C)c3)S/C2=C2/SC(c3cc(C(C)(C)C)cc(C(C)(C)C)c3)=CN2c2cc(C)cc(C)c2)c1. The van der Waals surface area contributed by atoms with Crippen LogP contribution in [0.15, 0.2) is 95.3 Å². The Hall–Kier alpha value is -3.60. The molecule has 0 bridgehead atoms. The van der Waals surface area contributed by atoms with Crippen LogP contribution in [0.4, 0.5) is 11.4 Å². The summed E-state index contributed by atoms with van der Waals surface area (Å²) < 4.78 is 0. The zero-order valence-electron chi connectivity index (χ0n) is 35.8. The number of rotatable bonds is 4. The van der Waals surface area contributed by atoms with Crippen LogP contribution in [-0.2, 0) is 21.7 Å². The fourth-order valence-corrected chi connectivity index (χ4v) is 9.44. The van der Waals surface area contributed by atoms with Gasteiger partial charge in [-0.1, -0.05) is 155 Å². The molecule has 284 valence electrons. The molecule has 0 spiro atoms. The first-order valence-electron chi connectivity index (χ1n) is 19.5. The largest absolute Gasteiger partial charge is 0.308 e. The summed E-state index contributed by atoms with van der Waals surface area (Å²) in [6, 6.07) is 28.4. The lowest BCUT2D eigenvalue weighted by Crippen LogP contribution is -2.18. The lowest BCUT2D eigenvalue weighted by Gasteiger charge is -2.26. The molecule has 0 radical (unpaired) electrons. The summed E-state index contributed by atoms with van der Waals surface area (Å²) in [5, 5.41) is 2.46. The van der Waals surface area contributed by atoms with Crippen molar-refractivity contribution in [1.82, 2.24) is 0 Å². The number of hydrogen-bond acceptors (Lipinski definition) is 4. The Morgan fingerprint density at radius 3 is 0.852 bits per heavy atom. The molecule has 0 N–H and O–H groups in total. The van der Waals surface area contributed by atoms with Gasteiger partial charge in [0.05, 0.1) is 0 Å². The summed E-state index contributed by atoms with van der Waals surface area (Å²) in [5.74, 6) is 0. The predicted molar refractivity (Wildman–Crippen MR) is 243 cm³/mol.